The molecule has 20 heavy (non-hydrogen) atoms. The Morgan fingerprint density at radius 1 is 1.05 bits per heavy atom. The Morgan fingerprint density at radius 3 is 1.85 bits per heavy atom. The highest BCUT2D eigenvalue weighted by Gasteiger charge is 2.32. The van der Waals surface area contributed by atoms with Crippen molar-refractivity contribution >= 4 is 21.8 Å². The number of rotatable bonds is 5. The van der Waals surface area contributed by atoms with Gasteiger partial charge in [-0.05, 0) is 6.42 Å². The molecule has 0 aliphatic heterocycles. The molecule has 2 amide bonds. The first kappa shape index (κ1) is 18.9. The van der Waals surface area contributed by atoms with Crippen LogP contribution in [0, 0.1) is 10.8 Å². The van der Waals surface area contributed by atoms with Gasteiger partial charge in [0.15, 0.2) is 0 Å². The van der Waals surface area contributed by atoms with E-state index in [0.717, 1.165) is 0 Å². The van der Waals surface area contributed by atoms with Crippen LogP contribution in [0.5, 0.6) is 0 Å². The summed E-state index contributed by atoms with van der Waals surface area (Å²) in [4.78, 5) is 25.0. The molecule has 7 heteroatoms. The van der Waals surface area contributed by atoms with Gasteiger partial charge in [0.2, 0.25) is 21.8 Å². The molecule has 0 aliphatic rings. The summed E-state index contributed by atoms with van der Waals surface area (Å²) < 4.78 is 25.8. The molecule has 0 bridgehead atoms. The van der Waals surface area contributed by atoms with Crippen LogP contribution in [-0.4, -0.2) is 45.0 Å². The Morgan fingerprint density at radius 2 is 1.50 bits per heavy atom. The third-order valence-corrected chi connectivity index (χ3v) is 4.15. The molecular weight excluding hydrogens is 280 g/mol. The monoisotopic (exact) mass is 306 g/mol. The zero-order valence-corrected chi connectivity index (χ0v) is 14.2. The lowest BCUT2D eigenvalue weighted by molar-refractivity contribution is -0.137. The minimum absolute atomic E-state index is 0.144. The van der Waals surface area contributed by atoms with Gasteiger partial charge >= 0.3 is 0 Å². The number of sulfonamides is 1. The van der Waals surface area contributed by atoms with E-state index >= 15 is 0 Å². The molecule has 1 N–H and O–H groups in total. The second-order valence-electron chi connectivity index (χ2n) is 6.83. The van der Waals surface area contributed by atoms with Gasteiger partial charge in [-0.2, -0.15) is 0 Å². The van der Waals surface area contributed by atoms with Crippen molar-refractivity contribution in [1.29, 1.82) is 0 Å². The summed E-state index contributed by atoms with van der Waals surface area (Å²) in [5.74, 6) is -0.953. The van der Waals surface area contributed by atoms with E-state index in [-0.39, 0.29) is 18.1 Å². The van der Waals surface area contributed by atoms with Gasteiger partial charge in [-0.1, -0.05) is 34.6 Å². The molecule has 0 aromatic rings. The molecule has 0 rings (SSSR count). The molecule has 0 aromatic carbocycles. The molecule has 0 aromatic heterocycles. The van der Waals surface area contributed by atoms with Gasteiger partial charge in [0.1, 0.15) is 0 Å². The number of hydrogen-bond acceptors (Lipinski definition) is 4. The number of carbonyl (C=O) groups is 2. The van der Waals surface area contributed by atoms with Gasteiger partial charge in [0.25, 0.3) is 0 Å². The van der Waals surface area contributed by atoms with Gasteiger partial charge in [-0.15, -0.1) is 0 Å². The molecule has 6 nitrogen and oxygen atoms in total. The minimum Gasteiger partial charge on any atom is -0.348 e. The van der Waals surface area contributed by atoms with E-state index in [1.54, 1.807) is 48.7 Å². The van der Waals surface area contributed by atoms with Crippen LogP contribution in [0.2, 0.25) is 0 Å². The van der Waals surface area contributed by atoms with E-state index in [2.05, 4.69) is 0 Å². The SMILES string of the molecule is CN(C)C(=O)C(C)(C)CCS(=O)(=O)NC(=O)C(C)(C)C. The van der Waals surface area contributed by atoms with E-state index in [1.165, 1.54) is 4.90 Å². The van der Waals surface area contributed by atoms with E-state index in [1.807, 2.05) is 4.72 Å². The zero-order valence-electron chi connectivity index (χ0n) is 13.4. The van der Waals surface area contributed by atoms with Crippen molar-refractivity contribution < 1.29 is 18.0 Å². The highest BCUT2D eigenvalue weighted by atomic mass is 32.2. The summed E-state index contributed by atoms with van der Waals surface area (Å²) >= 11 is 0. The smallest absolute Gasteiger partial charge is 0.238 e. The molecule has 0 saturated carbocycles. The van der Waals surface area contributed by atoms with Crippen LogP contribution in [0.15, 0.2) is 0 Å². The second-order valence-corrected chi connectivity index (χ2v) is 8.68. The van der Waals surface area contributed by atoms with E-state index < -0.39 is 26.8 Å². The number of carbonyl (C=O) groups excluding carboxylic acids is 2. The van der Waals surface area contributed by atoms with Crippen LogP contribution in [0.25, 0.3) is 0 Å². The first-order chi connectivity index (χ1) is 8.69. The average Bonchev–Trinajstić information content (AvgIpc) is 2.23. The third kappa shape index (κ3) is 5.90. The number of hydrogen-bond donors (Lipinski definition) is 1. The van der Waals surface area contributed by atoms with Gasteiger partial charge in [0.05, 0.1) is 5.75 Å². The number of nitrogens with one attached hydrogen (secondary N) is 1. The first-order valence-electron chi connectivity index (χ1n) is 6.46. The van der Waals surface area contributed by atoms with Crippen LogP contribution >= 0.6 is 0 Å². The van der Waals surface area contributed by atoms with Crippen molar-refractivity contribution in [1.82, 2.24) is 9.62 Å². The topological polar surface area (TPSA) is 83.6 Å². The minimum atomic E-state index is -3.73. The molecule has 0 aliphatic carbocycles. The number of nitrogens with zero attached hydrogens (tertiary/aromatic N) is 1. The molecule has 0 atom stereocenters. The van der Waals surface area contributed by atoms with Crippen molar-refractivity contribution in [3.8, 4) is 0 Å². The molecule has 0 radical (unpaired) electrons. The largest absolute Gasteiger partial charge is 0.348 e. The lowest BCUT2D eigenvalue weighted by atomic mass is 9.89. The summed E-state index contributed by atoms with van der Waals surface area (Å²) in [5.41, 5.74) is -1.56. The highest BCUT2D eigenvalue weighted by Crippen LogP contribution is 2.23. The molecule has 0 fully saturated rings. The third-order valence-electron chi connectivity index (χ3n) is 2.91. The van der Waals surface area contributed by atoms with Gasteiger partial charge < -0.3 is 4.90 Å². The van der Waals surface area contributed by atoms with Crippen molar-refractivity contribution in [2.75, 3.05) is 19.8 Å². The Balaban J connectivity index is 4.74. The van der Waals surface area contributed by atoms with Crippen molar-refractivity contribution in [3.63, 3.8) is 0 Å². The fourth-order valence-electron chi connectivity index (χ4n) is 1.45. The molecule has 0 spiro atoms. The van der Waals surface area contributed by atoms with Crippen LogP contribution in [0.3, 0.4) is 0 Å². The predicted octanol–water partition coefficient (Wildman–Crippen LogP) is 0.983. The Labute approximate surface area is 122 Å². The van der Waals surface area contributed by atoms with Crippen LogP contribution in [0.4, 0.5) is 0 Å². The summed E-state index contributed by atoms with van der Waals surface area (Å²) in [6.45, 7) is 8.29. The van der Waals surface area contributed by atoms with E-state index in [9.17, 15) is 18.0 Å². The van der Waals surface area contributed by atoms with Gasteiger partial charge in [0, 0.05) is 24.9 Å². The normalized spacial score (nSPS) is 12.9. The fourth-order valence-corrected chi connectivity index (χ4v) is 2.92. The fraction of sp³-hybridized carbons (Fsp3) is 0.846. The highest BCUT2D eigenvalue weighted by molar-refractivity contribution is 7.90. The van der Waals surface area contributed by atoms with Crippen molar-refractivity contribution in [3.05, 3.63) is 0 Å². The summed E-state index contributed by atoms with van der Waals surface area (Å²) in [5, 5.41) is 0. The van der Waals surface area contributed by atoms with Crippen molar-refractivity contribution in [2.45, 2.75) is 41.0 Å². The molecule has 0 saturated heterocycles. The van der Waals surface area contributed by atoms with E-state index in [4.69, 9.17) is 0 Å². The van der Waals surface area contributed by atoms with Crippen LogP contribution in [0.1, 0.15) is 41.0 Å². The Kier molecular flexibility index (Phi) is 5.78. The van der Waals surface area contributed by atoms with Gasteiger partial charge in [-0.25, -0.2) is 8.42 Å². The first-order valence-corrected chi connectivity index (χ1v) is 8.11. The lowest BCUT2D eigenvalue weighted by Crippen LogP contribution is -2.42. The maximum Gasteiger partial charge on any atom is 0.238 e. The van der Waals surface area contributed by atoms with Crippen molar-refractivity contribution in [2.24, 2.45) is 10.8 Å². The standard InChI is InChI=1S/C13H26N2O4S/c1-12(2,3)10(16)14-20(18,19)9-8-13(4,5)11(17)15(6)7/h8-9H2,1-7H3,(H,14,16). The van der Waals surface area contributed by atoms with Gasteiger partial charge in [-0.3, -0.25) is 14.3 Å². The maximum atomic E-state index is 11.9. The molecule has 0 heterocycles. The maximum absolute atomic E-state index is 11.9. The van der Waals surface area contributed by atoms with Crippen LogP contribution in [-0.2, 0) is 19.6 Å². The molecular formula is C13H26N2O4S. The van der Waals surface area contributed by atoms with Crippen LogP contribution < -0.4 is 4.72 Å². The Hall–Kier alpha value is -1.11. The summed E-state index contributed by atoms with van der Waals surface area (Å²) in [6, 6.07) is 0. The predicted molar refractivity (Wildman–Crippen MR) is 78.5 cm³/mol. The lowest BCUT2D eigenvalue weighted by Gasteiger charge is -2.27. The van der Waals surface area contributed by atoms with E-state index in [0.29, 0.717) is 0 Å². The molecule has 0 unspecified atom stereocenters. The Bertz CT molecular complexity index is 473. The quantitative estimate of drug-likeness (QED) is 0.821. The average molecular weight is 306 g/mol. The second kappa shape index (κ2) is 6.11. The zero-order chi connectivity index (χ0) is 16.4. The molecule has 118 valence electrons. The summed E-state index contributed by atoms with van der Waals surface area (Å²) in [6.07, 6.45) is 0.150. The number of amides is 2. The summed E-state index contributed by atoms with van der Waals surface area (Å²) in [7, 11) is -0.477.